The second kappa shape index (κ2) is 5.31. The molecule has 9 heavy (non-hydrogen) atoms. The first-order valence-electron chi connectivity index (χ1n) is 2.63. The van der Waals surface area contributed by atoms with E-state index in [1.807, 2.05) is 0 Å². The summed E-state index contributed by atoms with van der Waals surface area (Å²) in [6.45, 7) is 6.48. The normalized spacial score (nSPS) is 12.6. The highest BCUT2D eigenvalue weighted by atomic mass is 16.6. The molecule has 0 unspecified atom stereocenters. The number of hydrogen-bond acceptors (Lipinski definition) is 3. The molecule has 0 N–H and O–H groups in total. The van der Waals surface area contributed by atoms with Crippen LogP contribution in [0.1, 0.15) is 6.92 Å². The molecular formula is C6H10O3. The molecule has 1 aliphatic heterocycles. The van der Waals surface area contributed by atoms with Gasteiger partial charge in [0.15, 0.2) is 0 Å². The number of ether oxygens (including phenoxy) is 2. The molecule has 1 heterocycles. The number of carbonyl (C=O) groups excluding carboxylic acids is 1. The largest absolute Gasteiger partial charge is 0.435 e. The third-order valence-corrected chi connectivity index (χ3v) is 0.453. The van der Waals surface area contributed by atoms with Crippen LogP contribution in [0.3, 0.4) is 0 Å². The minimum Gasteiger partial charge on any atom is -0.435 e. The monoisotopic (exact) mass is 130 g/mol. The molecule has 3 nitrogen and oxygen atoms in total. The molecule has 0 aromatic heterocycles. The Balaban J connectivity index is 0.000000173. The average Bonchev–Trinajstić information content (AvgIpc) is 2.45. The lowest BCUT2D eigenvalue weighted by molar-refractivity contribution is -0.135. The predicted molar refractivity (Wildman–Crippen MR) is 32.8 cm³/mol. The second-order valence-corrected chi connectivity index (χ2v) is 1.39. The first-order valence-corrected chi connectivity index (χ1v) is 2.63. The molecule has 1 fully saturated rings. The van der Waals surface area contributed by atoms with E-state index >= 15 is 0 Å². The highest BCUT2D eigenvalue weighted by molar-refractivity contribution is 5.66. The number of rotatable bonds is 1. The van der Waals surface area contributed by atoms with Crippen LogP contribution in [0.25, 0.3) is 0 Å². The summed E-state index contributed by atoms with van der Waals surface area (Å²) in [5, 5.41) is 0. The SMILES string of the molecule is C1CO1.C=COC(C)=O. The zero-order valence-electron chi connectivity index (χ0n) is 5.42. The maximum absolute atomic E-state index is 9.75. The summed E-state index contributed by atoms with van der Waals surface area (Å²) < 4.78 is 8.67. The lowest BCUT2D eigenvalue weighted by Crippen LogP contribution is -1.87. The summed E-state index contributed by atoms with van der Waals surface area (Å²) in [6, 6.07) is 0. The van der Waals surface area contributed by atoms with Gasteiger partial charge >= 0.3 is 5.97 Å². The van der Waals surface area contributed by atoms with E-state index < -0.39 is 0 Å². The average molecular weight is 130 g/mol. The van der Waals surface area contributed by atoms with E-state index in [1.165, 1.54) is 6.92 Å². The van der Waals surface area contributed by atoms with E-state index in [-0.39, 0.29) is 5.97 Å². The van der Waals surface area contributed by atoms with Crippen molar-refractivity contribution in [3.8, 4) is 0 Å². The van der Waals surface area contributed by atoms with Crippen LogP contribution in [0, 0.1) is 0 Å². The fourth-order valence-corrected chi connectivity index (χ4v) is 0.117. The molecule has 0 saturated carbocycles. The number of hydrogen-bond donors (Lipinski definition) is 0. The molecule has 0 radical (unpaired) electrons. The number of carbonyl (C=O) groups is 1. The zero-order valence-corrected chi connectivity index (χ0v) is 5.42. The summed E-state index contributed by atoms with van der Waals surface area (Å²) in [5.41, 5.74) is 0. The lowest BCUT2D eigenvalue weighted by Gasteiger charge is -1.83. The lowest BCUT2D eigenvalue weighted by atomic mass is 10.8. The molecule has 1 aliphatic rings. The zero-order chi connectivity index (χ0) is 7.11. The Kier molecular flexibility index (Phi) is 4.82. The fourth-order valence-electron chi connectivity index (χ4n) is 0.117. The first-order chi connectivity index (χ1) is 4.27. The van der Waals surface area contributed by atoms with Gasteiger partial charge < -0.3 is 9.47 Å². The standard InChI is InChI=1S/C4H6O2.C2H4O/c1-3-6-4(2)5;1-2-3-1/h3H,1H2,2H3;1-2H2. The van der Waals surface area contributed by atoms with Crippen molar-refractivity contribution in [2.45, 2.75) is 6.92 Å². The molecule has 0 aromatic carbocycles. The van der Waals surface area contributed by atoms with E-state index in [9.17, 15) is 4.79 Å². The summed E-state index contributed by atoms with van der Waals surface area (Å²) in [6.07, 6.45) is 1.10. The third-order valence-electron chi connectivity index (χ3n) is 0.453. The molecule has 1 rings (SSSR count). The van der Waals surface area contributed by atoms with Crippen molar-refractivity contribution in [1.29, 1.82) is 0 Å². The van der Waals surface area contributed by atoms with Gasteiger partial charge in [-0.15, -0.1) is 0 Å². The third kappa shape index (κ3) is 19.1. The summed E-state index contributed by atoms with van der Waals surface area (Å²) in [7, 11) is 0. The van der Waals surface area contributed by atoms with Gasteiger partial charge in [0.2, 0.25) is 0 Å². The molecule has 52 valence electrons. The van der Waals surface area contributed by atoms with Gasteiger partial charge in [0, 0.05) is 6.92 Å². The van der Waals surface area contributed by atoms with Gasteiger partial charge in [-0.3, -0.25) is 4.79 Å². The van der Waals surface area contributed by atoms with Gasteiger partial charge in [-0.05, 0) is 0 Å². The number of epoxide rings is 1. The van der Waals surface area contributed by atoms with Crippen molar-refractivity contribution in [2.24, 2.45) is 0 Å². The minimum atomic E-state index is -0.329. The topological polar surface area (TPSA) is 38.8 Å². The van der Waals surface area contributed by atoms with Crippen LogP contribution in [0.5, 0.6) is 0 Å². The highest BCUT2D eigenvalue weighted by Crippen LogP contribution is 1.84. The Bertz CT molecular complexity index is 93.7. The van der Waals surface area contributed by atoms with E-state index in [2.05, 4.69) is 16.1 Å². The van der Waals surface area contributed by atoms with Crippen molar-refractivity contribution in [1.82, 2.24) is 0 Å². The summed E-state index contributed by atoms with van der Waals surface area (Å²) >= 11 is 0. The predicted octanol–water partition coefficient (Wildman–Crippen LogP) is 0.710. The molecule has 0 bridgehead atoms. The molecule has 0 spiro atoms. The van der Waals surface area contributed by atoms with Crippen LogP contribution in [0.4, 0.5) is 0 Å². The van der Waals surface area contributed by atoms with E-state index in [0.29, 0.717) is 0 Å². The van der Waals surface area contributed by atoms with Gasteiger partial charge in [0.1, 0.15) is 0 Å². The molecule has 1 saturated heterocycles. The Hall–Kier alpha value is -0.830. The van der Waals surface area contributed by atoms with E-state index in [4.69, 9.17) is 0 Å². The summed E-state index contributed by atoms with van der Waals surface area (Å²) in [4.78, 5) is 9.75. The van der Waals surface area contributed by atoms with Gasteiger partial charge in [0.05, 0.1) is 19.5 Å². The van der Waals surface area contributed by atoms with Gasteiger partial charge in [-0.2, -0.15) is 0 Å². The minimum absolute atomic E-state index is 0.329. The van der Waals surface area contributed by atoms with Crippen molar-refractivity contribution in [3.63, 3.8) is 0 Å². The first kappa shape index (κ1) is 8.17. The Morgan fingerprint density at radius 3 is 2.22 bits per heavy atom. The second-order valence-electron chi connectivity index (χ2n) is 1.39. The van der Waals surface area contributed by atoms with Crippen LogP contribution in [-0.2, 0) is 14.3 Å². The van der Waals surface area contributed by atoms with E-state index in [1.54, 1.807) is 0 Å². The number of esters is 1. The fraction of sp³-hybridized carbons (Fsp3) is 0.500. The van der Waals surface area contributed by atoms with Crippen molar-refractivity contribution >= 4 is 5.97 Å². The van der Waals surface area contributed by atoms with Crippen molar-refractivity contribution < 1.29 is 14.3 Å². The maximum atomic E-state index is 9.75. The Labute approximate surface area is 54.3 Å². The van der Waals surface area contributed by atoms with Crippen LogP contribution < -0.4 is 0 Å². The summed E-state index contributed by atoms with van der Waals surface area (Å²) in [5.74, 6) is -0.329. The van der Waals surface area contributed by atoms with Crippen LogP contribution in [0.2, 0.25) is 0 Å². The molecular weight excluding hydrogens is 120 g/mol. The Morgan fingerprint density at radius 2 is 2.22 bits per heavy atom. The highest BCUT2D eigenvalue weighted by Gasteiger charge is 1.94. The van der Waals surface area contributed by atoms with Gasteiger partial charge in [-0.25, -0.2) is 0 Å². The molecule has 0 atom stereocenters. The molecule has 3 heteroatoms. The molecule has 0 aliphatic carbocycles. The quantitative estimate of drug-likeness (QED) is 0.298. The van der Waals surface area contributed by atoms with Crippen molar-refractivity contribution in [2.75, 3.05) is 13.2 Å². The molecule has 0 aromatic rings. The Morgan fingerprint density at radius 1 is 1.78 bits per heavy atom. The van der Waals surface area contributed by atoms with E-state index in [0.717, 1.165) is 19.5 Å². The van der Waals surface area contributed by atoms with Crippen LogP contribution >= 0.6 is 0 Å². The van der Waals surface area contributed by atoms with Crippen LogP contribution in [0.15, 0.2) is 12.8 Å². The van der Waals surface area contributed by atoms with Gasteiger partial charge in [0.25, 0.3) is 0 Å². The maximum Gasteiger partial charge on any atom is 0.307 e. The van der Waals surface area contributed by atoms with Gasteiger partial charge in [-0.1, -0.05) is 6.58 Å². The van der Waals surface area contributed by atoms with Crippen molar-refractivity contribution in [3.05, 3.63) is 12.8 Å². The smallest absolute Gasteiger partial charge is 0.307 e. The molecule has 0 amide bonds. The van der Waals surface area contributed by atoms with Crippen LogP contribution in [-0.4, -0.2) is 19.2 Å².